The van der Waals surface area contributed by atoms with Crippen molar-refractivity contribution in [2.75, 3.05) is 0 Å². The Hall–Kier alpha value is -2.48. The summed E-state index contributed by atoms with van der Waals surface area (Å²) in [4.78, 5) is 24.2. The van der Waals surface area contributed by atoms with E-state index >= 15 is 0 Å². The molecule has 24 heavy (non-hydrogen) atoms. The molecule has 1 aliphatic carbocycles. The summed E-state index contributed by atoms with van der Waals surface area (Å²) in [6.45, 7) is 7.84. The third-order valence-electron chi connectivity index (χ3n) is 5.40. The first-order chi connectivity index (χ1) is 11.4. The molecular weight excluding hydrogens is 296 g/mol. The highest BCUT2D eigenvalue weighted by Crippen LogP contribution is 2.53. The van der Waals surface area contributed by atoms with Crippen LogP contribution in [-0.4, -0.2) is 11.6 Å². The molecular formula is C22H22O2. The lowest BCUT2D eigenvalue weighted by molar-refractivity contribution is -0.122. The van der Waals surface area contributed by atoms with Gasteiger partial charge in [-0.05, 0) is 37.0 Å². The lowest BCUT2D eigenvalue weighted by atomic mass is 9.69. The molecule has 2 aromatic carbocycles. The standard InChI is InChI=1S/C22H22O2/c1-15(17-9-11-18(12-10-17)16(2)23)22(3)20(13-14-21(22)24)19-7-5-4-6-8-19/h4-12,20H,1,13-14H2,2-3H3/t20-,22+/m1/s1. The van der Waals surface area contributed by atoms with Gasteiger partial charge in [-0.25, -0.2) is 0 Å². The molecule has 0 radical (unpaired) electrons. The summed E-state index contributed by atoms with van der Waals surface area (Å²) in [6, 6.07) is 17.6. The van der Waals surface area contributed by atoms with E-state index in [1.807, 2.05) is 49.4 Å². The average Bonchev–Trinajstić information content (AvgIpc) is 2.91. The van der Waals surface area contributed by atoms with Gasteiger partial charge in [0, 0.05) is 17.9 Å². The summed E-state index contributed by atoms with van der Waals surface area (Å²) in [5, 5.41) is 0. The van der Waals surface area contributed by atoms with Crippen molar-refractivity contribution in [3.63, 3.8) is 0 Å². The lowest BCUT2D eigenvalue weighted by Crippen LogP contribution is -2.29. The maximum atomic E-state index is 12.8. The summed E-state index contributed by atoms with van der Waals surface area (Å²) < 4.78 is 0. The van der Waals surface area contributed by atoms with Crippen molar-refractivity contribution in [3.8, 4) is 0 Å². The molecule has 0 saturated heterocycles. The summed E-state index contributed by atoms with van der Waals surface area (Å²) in [5.74, 6) is 0.431. The first kappa shape index (κ1) is 16.4. The number of allylic oxidation sites excluding steroid dienone is 1. The number of rotatable bonds is 4. The van der Waals surface area contributed by atoms with E-state index in [0.29, 0.717) is 12.0 Å². The highest BCUT2D eigenvalue weighted by molar-refractivity contribution is 6.00. The molecule has 0 aliphatic heterocycles. The van der Waals surface area contributed by atoms with E-state index in [2.05, 4.69) is 18.7 Å². The molecule has 122 valence electrons. The molecule has 1 fully saturated rings. The Kier molecular flexibility index (Phi) is 4.23. The van der Waals surface area contributed by atoms with Gasteiger partial charge in [-0.1, -0.05) is 61.2 Å². The number of Topliss-reactive ketones (excluding diaryl/α,β-unsaturated/α-hetero) is 2. The Morgan fingerprint density at radius 1 is 1.04 bits per heavy atom. The van der Waals surface area contributed by atoms with E-state index in [4.69, 9.17) is 0 Å². The molecule has 0 heterocycles. The zero-order valence-corrected chi connectivity index (χ0v) is 14.2. The van der Waals surface area contributed by atoms with Crippen LogP contribution in [0.2, 0.25) is 0 Å². The molecule has 0 unspecified atom stereocenters. The fourth-order valence-electron chi connectivity index (χ4n) is 3.79. The first-order valence-corrected chi connectivity index (χ1v) is 8.33. The Bertz CT molecular complexity index is 786. The number of hydrogen-bond acceptors (Lipinski definition) is 2. The van der Waals surface area contributed by atoms with Gasteiger partial charge in [-0.2, -0.15) is 0 Å². The smallest absolute Gasteiger partial charge is 0.159 e. The lowest BCUT2D eigenvalue weighted by Gasteiger charge is -2.33. The molecule has 1 aliphatic rings. The van der Waals surface area contributed by atoms with Crippen LogP contribution < -0.4 is 0 Å². The third kappa shape index (κ3) is 2.62. The molecule has 0 amide bonds. The van der Waals surface area contributed by atoms with Crippen molar-refractivity contribution in [2.45, 2.75) is 32.6 Å². The molecule has 2 nitrogen and oxygen atoms in total. The first-order valence-electron chi connectivity index (χ1n) is 8.33. The highest BCUT2D eigenvalue weighted by Gasteiger charge is 2.48. The maximum Gasteiger partial charge on any atom is 0.159 e. The van der Waals surface area contributed by atoms with Gasteiger partial charge in [0.1, 0.15) is 5.78 Å². The van der Waals surface area contributed by atoms with Gasteiger partial charge < -0.3 is 0 Å². The van der Waals surface area contributed by atoms with E-state index in [1.165, 1.54) is 5.56 Å². The number of ketones is 2. The Morgan fingerprint density at radius 3 is 2.21 bits per heavy atom. The van der Waals surface area contributed by atoms with Gasteiger partial charge in [0.15, 0.2) is 5.78 Å². The van der Waals surface area contributed by atoms with Crippen LogP contribution >= 0.6 is 0 Å². The van der Waals surface area contributed by atoms with Crippen molar-refractivity contribution >= 4 is 17.1 Å². The van der Waals surface area contributed by atoms with E-state index < -0.39 is 5.41 Å². The van der Waals surface area contributed by atoms with Crippen molar-refractivity contribution in [2.24, 2.45) is 5.41 Å². The highest BCUT2D eigenvalue weighted by atomic mass is 16.1. The molecule has 2 aromatic rings. The van der Waals surface area contributed by atoms with Crippen LogP contribution in [0.15, 0.2) is 61.2 Å². The minimum Gasteiger partial charge on any atom is -0.299 e. The van der Waals surface area contributed by atoms with Crippen LogP contribution in [0.25, 0.3) is 5.57 Å². The van der Waals surface area contributed by atoms with Crippen LogP contribution in [-0.2, 0) is 4.79 Å². The molecule has 0 N–H and O–H groups in total. The molecule has 1 saturated carbocycles. The van der Waals surface area contributed by atoms with E-state index in [-0.39, 0.29) is 17.5 Å². The van der Waals surface area contributed by atoms with Gasteiger partial charge in [0.05, 0.1) is 5.41 Å². The van der Waals surface area contributed by atoms with Crippen LogP contribution in [0.4, 0.5) is 0 Å². The number of carbonyl (C=O) groups is 2. The normalized spacial score (nSPS) is 23.2. The van der Waals surface area contributed by atoms with E-state index in [9.17, 15) is 9.59 Å². The molecule has 0 spiro atoms. The zero-order valence-electron chi connectivity index (χ0n) is 14.2. The fourth-order valence-corrected chi connectivity index (χ4v) is 3.79. The monoisotopic (exact) mass is 318 g/mol. The maximum absolute atomic E-state index is 12.8. The molecule has 3 rings (SSSR count). The van der Waals surface area contributed by atoms with Gasteiger partial charge in [-0.15, -0.1) is 0 Å². The van der Waals surface area contributed by atoms with E-state index in [1.54, 1.807) is 6.92 Å². The minimum absolute atomic E-state index is 0.0393. The summed E-state index contributed by atoms with van der Waals surface area (Å²) in [5.41, 5.74) is 3.04. The minimum atomic E-state index is -0.598. The summed E-state index contributed by atoms with van der Waals surface area (Å²) in [6.07, 6.45) is 1.44. The molecule has 2 heteroatoms. The van der Waals surface area contributed by atoms with Crippen molar-refractivity contribution in [3.05, 3.63) is 77.9 Å². The number of benzene rings is 2. The third-order valence-corrected chi connectivity index (χ3v) is 5.40. The van der Waals surface area contributed by atoms with Crippen molar-refractivity contribution in [1.29, 1.82) is 0 Å². The van der Waals surface area contributed by atoms with Crippen molar-refractivity contribution < 1.29 is 9.59 Å². The predicted molar refractivity (Wildman–Crippen MR) is 97.0 cm³/mol. The Labute approximate surface area is 143 Å². The van der Waals surface area contributed by atoms with Crippen LogP contribution in [0.3, 0.4) is 0 Å². The predicted octanol–water partition coefficient (Wildman–Crippen LogP) is 5.06. The fraction of sp³-hybridized carbons (Fsp3) is 0.273. The van der Waals surface area contributed by atoms with Crippen LogP contribution in [0.1, 0.15) is 54.1 Å². The second-order valence-electron chi connectivity index (χ2n) is 6.74. The second kappa shape index (κ2) is 6.20. The second-order valence-corrected chi connectivity index (χ2v) is 6.74. The summed E-state index contributed by atoms with van der Waals surface area (Å²) >= 11 is 0. The molecule has 0 aromatic heterocycles. The quantitative estimate of drug-likeness (QED) is 0.739. The molecule has 0 bridgehead atoms. The van der Waals surface area contributed by atoms with Crippen LogP contribution in [0, 0.1) is 5.41 Å². The average molecular weight is 318 g/mol. The van der Waals surface area contributed by atoms with Gasteiger partial charge in [0.25, 0.3) is 0 Å². The van der Waals surface area contributed by atoms with Gasteiger partial charge >= 0.3 is 0 Å². The largest absolute Gasteiger partial charge is 0.299 e. The Balaban J connectivity index is 1.99. The number of hydrogen-bond donors (Lipinski definition) is 0. The SMILES string of the molecule is C=C(c1ccc(C(C)=O)cc1)[C@]1(C)C(=O)CC[C@@H]1c1ccccc1. The Morgan fingerprint density at radius 2 is 1.62 bits per heavy atom. The van der Waals surface area contributed by atoms with E-state index in [0.717, 1.165) is 17.6 Å². The van der Waals surface area contributed by atoms with Crippen molar-refractivity contribution in [1.82, 2.24) is 0 Å². The number of carbonyl (C=O) groups excluding carboxylic acids is 2. The van der Waals surface area contributed by atoms with Crippen LogP contribution in [0.5, 0.6) is 0 Å². The zero-order chi connectivity index (χ0) is 17.3. The van der Waals surface area contributed by atoms with Gasteiger partial charge in [-0.3, -0.25) is 9.59 Å². The summed E-state index contributed by atoms with van der Waals surface area (Å²) in [7, 11) is 0. The topological polar surface area (TPSA) is 34.1 Å². The molecule has 2 atom stereocenters. The van der Waals surface area contributed by atoms with Gasteiger partial charge in [0.2, 0.25) is 0 Å².